The van der Waals surface area contributed by atoms with Crippen molar-refractivity contribution in [3.05, 3.63) is 53.3 Å². The van der Waals surface area contributed by atoms with Crippen molar-refractivity contribution in [1.82, 2.24) is 9.29 Å². The number of benzene rings is 1. The van der Waals surface area contributed by atoms with Crippen molar-refractivity contribution in [2.24, 2.45) is 0 Å². The second-order valence-electron chi connectivity index (χ2n) is 6.42. The quantitative estimate of drug-likeness (QED) is 0.698. The molecule has 1 atom stereocenters. The van der Waals surface area contributed by atoms with E-state index in [0.717, 1.165) is 24.3 Å². The Kier molecular flexibility index (Phi) is 6.16. The Morgan fingerprint density at radius 3 is 2.52 bits per heavy atom. The summed E-state index contributed by atoms with van der Waals surface area (Å²) >= 11 is 6.11. The van der Waals surface area contributed by atoms with Crippen molar-refractivity contribution >= 4 is 27.4 Å². The molecular formula is C18H16ClF3N2O4S. The summed E-state index contributed by atoms with van der Waals surface area (Å²) in [5.41, 5.74) is 0.461. The van der Waals surface area contributed by atoms with Gasteiger partial charge in [0.05, 0.1) is 15.6 Å². The molecule has 1 unspecified atom stereocenters. The number of ketones is 1. The molecule has 3 rings (SSSR count). The zero-order chi connectivity index (χ0) is 21.2. The molecule has 6 nitrogen and oxygen atoms in total. The fraction of sp³-hybridized carbons (Fsp3) is 0.333. The van der Waals surface area contributed by atoms with Crippen molar-refractivity contribution in [2.75, 3.05) is 6.54 Å². The molecule has 1 fully saturated rings. The molecule has 1 aliphatic rings. The van der Waals surface area contributed by atoms with Crippen LogP contribution in [0.25, 0.3) is 0 Å². The molecule has 29 heavy (non-hydrogen) atoms. The number of pyridine rings is 1. The number of carbonyl (C=O) groups excluding carboxylic acids is 1. The minimum Gasteiger partial charge on any atom is -0.406 e. The van der Waals surface area contributed by atoms with Crippen LogP contribution in [0.4, 0.5) is 13.2 Å². The largest absolute Gasteiger partial charge is 0.573 e. The molecule has 2 aromatic rings. The summed E-state index contributed by atoms with van der Waals surface area (Å²) in [5, 5.41) is 0.358. The van der Waals surface area contributed by atoms with E-state index in [9.17, 15) is 26.4 Å². The van der Waals surface area contributed by atoms with E-state index in [4.69, 9.17) is 11.6 Å². The van der Waals surface area contributed by atoms with Gasteiger partial charge in [0.1, 0.15) is 11.5 Å². The summed E-state index contributed by atoms with van der Waals surface area (Å²) in [6, 6.07) is 6.50. The zero-order valence-corrected chi connectivity index (χ0v) is 16.5. The third-order valence-corrected chi connectivity index (χ3v) is 6.72. The number of rotatable bonds is 5. The van der Waals surface area contributed by atoms with Crippen LogP contribution in [0.1, 0.15) is 18.5 Å². The van der Waals surface area contributed by atoms with Crippen LogP contribution in [0.3, 0.4) is 0 Å². The Balaban J connectivity index is 1.86. The van der Waals surface area contributed by atoms with Gasteiger partial charge in [-0.3, -0.25) is 9.78 Å². The second-order valence-corrected chi connectivity index (χ2v) is 8.72. The highest BCUT2D eigenvalue weighted by Gasteiger charge is 2.37. The molecule has 11 heteroatoms. The van der Waals surface area contributed by atoms with Crippen molar-refractivity contribution in [3.63, 3.8) is 0 Å². The van der Waals surface area contributed by atoms with E-state index in [0.29, 0.717) is 10.7 Å². The highest BCUT2D eigenvalue weighted by Crippen LogP contribution is 2.29. The Morgan fingerprint density at radius 2 is 1.90 bits per heavy atom. The van der Waals surface area contributed by atoms with Crippen LogP contribution in [-0.4, -0.2) is 42.4 Å². The maximum absolute atomic E-state index is 13.1. The highest BCUT2D eigenvalue weighted by atomic mass is 35.5. The SMILES string of the molecule is O=C1CCN(S(=O)(=O)c2ccc(OC(F)(F)F)cc2)C(Cc2ncccc2Cl)C1. The van der Waals surface area contributed by atoms with Crippen LogP contribution < -0.4 is 4.74 Å². The lowest BCUT2D eigenvalue weighted by Gasteiger charge is -2.34. The van der Waals surface area contributed by atoms with E-state index in [2.05, 4.69) is 9.72 Å². The molecule has 0 aliphatic carbocycles. The van der Waals surface area contributed by atoms with Gasteiger partial charge in [0, 0.05) is 38.0 Å². The van der Waals surface area contributed by atoms with Crippen molar-refractivity contribution < 1.29 is 31.1 Å². The van der Waals surface area contributed by atoms with Crippen molar-refractivity contribution in [3.8, 4) is 5.75 Å². The van der Waals surface area contributed by atoms with Crippen molar-refractivity contribution in [2.45, 2.75) is 36.6 Å². The standard InChI is InChI=1S/C18H16ClF3N2O4S/c19-16-2-1-8-23-17(16)11-12-10-13(25)7-9-24(12)29(26,27)15-5-3-14(4-6-15)28-18(20,21)22/h1-6,8,12H,7,9-11H2. The van der Waals surface area contributed by atoms with Gasteiger partial charge in [0.15, 0.2) is 0 Å². The first kappa shape index (κ1) is 21.5. The number of Topliss-reactive ketones (excluding diaryl/α,β-unsaturated/α-hetero) is 1. The van der Waals surface area contributed by atoms with Crippen LogP contribution in [0.2, 0.25) is 5.02 Å². The molecular weight excluding hydrogens is 433 g/mol. The molecule has 156 valence electrons. The topological polar surface area (TPSA) is 76.6 Å². The molecule has 1 saturated heterocycles. The first-order valence-corrected chi connectivity index (χ1v) is 10.4. The lowest BCUT2D eigenvalue weighted by Crippen LogP contribution is -2.47. The van der Waals surface area contributed by atoms with Crippen LogP contribution in [0.5, 0.6) is 5.75 Å². The number of aromatic nitrogens is 1. The first-order valence-electron chi connectivity index (χ1n) is 8.55. The Labute approximate surface area is 170 Å². The van der Waals surface area contributed by atoms with Gasteiger partial charge in [0.2, 0.25) is 10.0 Å². The molecule has 2 heterocycles. The summed E-state index contributed by atoms with van der Waals surface area (Å²) in [6.45, 7) is -0.0307. The number of ether oxygens (including phenoxy) is 1. The zero-order valence-electron chi connectivity index (χ0n) is 14.9. The average Bonchev–Trinajstić information content (AvgIpc) is 2.63. The van der Waals surface area contributed by atoms with E-state index >= 15 is 0 Å². The fourth-order valence-corrected chi connectivity index (χ4v) is 4.94. The van der Waals surface area contributed by atoms with Gasteiger partial charge in [-0.25, -0.2) is 8.42 Å². The third-order valence-electron chi connectivity index (χ3n) is 4.41. The summed E-state index contributed by atoms with van der Waals surface area (Å²) in [7, 11) is -4.05. The molecule has 0 saturated carbocycles. The van der Waals surface area contributed by atoms with Crippen LogP contribution in [0.15, 0.2) is 47.5 Å². The number of alkyl halides is 3. The third kappa shape index (κ3) is 5.26. The number of hydrogen-bond acceptors (Lipinski definition) is 5. The van der Waals surface area contributed by atoms with E-state index in [-0.39, 0.29) is 36.5 Å². The van der Waals surface area contributed by atoms with E-state index in [1.54, 1.807) is 12.1 Å². The van der Waals surface area contributed by atoms with Gasteiger partial charge in [0.25, 0.3) is 0 Å². The van der Waals surface area contributed by atoms with Crippen LogP contribution in [0, 0.1) is 0 Å². The lowest BCUT2D eigenvalue weighted by molar-refractivity contribution is -0.274. The minimum absolute atomic E-state index is 0.00139. The maximum atomic E-state index is 13.1. The maximum Gasteiger partial charge on any atom is 0.573 e. The number of hydrogen-bond donors (Lipinski definition) is 0. The van der Waals surface area contributed by atoms with Gasteiger partial charge in [-0.2, -0.15) is 4.31 Å². The summed E-state index contributed by atoms with van der Waals surface area (Å²) in [6.07, 6.45) is -3.16. The molecule has 0 bridgehead atoms. The van der Waals surface area contributed by atoms with E-state index in [1.807, 2.05) is 0 Å². The van der Waals surface area contributed by atoms with E-state index in [1.165, 1.54) is 10.5 Å². The Morgan fingerprint density at radius 1 is 1.21 bits per heavy atom. The van der Waals surface area contributed by atoms with Crippen LogP contribution in [-0.2, 0) is 21.2 Å². The van der Waals surface area contributed by atoms with Gasteiger partial charge < -0.3 is 4.74 Å². The Hall–Kier alpha value is -2.17. The second kappa shape index (κ2) is 8.29. The first-order chi connectivity index (χ1) is 13.6. The number of nitrogens with zero attached hydrogens (tertiary/aromatic N) is 2. The molecule has 1 aliphatic heterocycles. The van der Waals surface area contributed by atoms with Gasteiger partial charge in [-0.1, -0.05) is 11.6 Å². The molecule has 0 N–H and O–H groups in total. The number of piperidine rings is 1. The summed E-state index contributed by atoms with van der Waals surface area (Å²) in [4.78, 5) is 15.9. The monoisotopic (exact) mass is 448 g/mol. The van der Waals surface area contributed by atoms with Gasteiger partial charge >= 0.3 is 6.36 Å². The lowest BCUT2D eigenvalue weighted by atomic mass is 9.99. The predicted octanol–water partition coefficient (Wildman–Crippen LogP) is 3.60. The minimum atomic E-state index is -4.87. The summed E-state index contributed by atoms with van der Waals surface area (Å²) in [5.74, 6) is -0.607. The normalized spacial score (nSPS) is 18.6. The predicted molar refractivity (Wildman–Crippen MR) is 98.0 cm³/mol. The summed E-state index contributed by atoms with van der Waals surface area (Å²) < 4.78 is 68.0. The fourth-order valence-electron chi connectivity index (χ4n) is 3.12. The number of sulfonamides is 1. The van der Waals surface area contributed by atoms with Gasteiger partial charge in [-0.05, 0) is 36.4 Å². The highest BCUT2D eigenvalue weighted by molar-refractivity contribution is 7.89. The Bertz CT molecular complexity index is 997. The molecule has 0 amide bonds. The van der Waals surface area contributed by atoms with Crippen molar-refractivity contribution in [1.29, 1.82) is 0 Å². The van der Waals surface area contributed by atoms with E-state index < -0.39 is 28.2 Å². The van der Waals surface area contributed by atoms with Crippen LogP contribution >= 0.6 is 11.6 Å². The number of carbonyl (C=O) groups is 1. The molecule has 1 aromatic heterocycles. The smallest absolute Gasteiger partial charge is 0.406 e. The molecule has 1 aromatic carbocycles. The van der Waals surface area contributed by atoms with Gasteiger partial charge in [-0.15, -0.1) is 13.2 Å². The number of halogens is 4. The average molecular weight is 449 g/mol. The molecule has 0 radical (unpaired) electrons. The molecule has 0 spiro atoms.